The van der Waals surface area contributed by atoms with Gasteiger partial charge in [-0.1, -0.05) is 18.2 Å². The molecule has 0 bridgehead atoms. The Morgan fingerprint density at radius 3 is 2.38 bits per heavy atom. The van der Waals surface area contributed by atoms with Crippen LogP contribution < -0.4 is 9.80 Å². The van der Waals surface area contributed by atoms with Crippen molar-refractivity contribution in [1.82, 2.24) is 4.98 Å². The zero-order valence-electron chi connectivity index (χ0n) is 11.7. The van der Waals surface area contributed by atoms with Crippen LogP contribution >= 0.6 is 27.5 Å². The summed E-state index contributed by atoms with van der Waals surface area (Å²) in [5.74, 6) is 1.50. The van der Waals surface area contributed by atoms with Crippen molar-refractivity contribution in [3.05, 3.63) is 52.6 Å². The van der Waals surface area contributed by atoms with Crippen molar-refractivity contribution in [2.24, 2.45) is 0 Å². The first-order valence-electron chi connectivity index (χ1n) is 7.03. The first kappa shape index (κ1) is 14.7. The summed E-state index contributed by atoms with van der Waals surface area (Å²) in [6, 6.07) is 12.6. The van der Waals surface area contributed by atoms with E-state index in [2.05, 4.69) is 67.1 Å². The second-order valence-corrected chi connectivity index (χ2v) is 6.26. The summed E-state index contributed by atoms with van der Waals surface area (Å²) in [6.45, 7) is 3.94. The van der Waals surface area contributed by atoms with E-state index in [4.69, 9.17) is 11.6 Å². The van der Waals surface area contributed by atoms with Gasteiger partial charge in [0.2, 0.25) is 0 Å². The Hall–Kier alpha value is -1.26. The maximum absolute atomic E-state index is 6.05. The van der Waals surface area contributed by atoms with Crippen molar-refractivity contribution in [2.45, 2.75) is 5.88 Å². The van der Waals surface area contributed by atoms with Crippen LogP contribution in [0.25, 0.3) is 0 Å². The van der Waals surface area contributed by atoms with Crippen molar-refractivity contribution in [2.75, 3.05) is 36.0 Å². The molecule has 2 aromatic rings. The van der Waals surface area contributed by atoms with Gasteiger partial charge < -0.3 is 9.80 Å². The number of hydrogen-bond acceptors (Lipinski definition) is 3. The molecule has 1 aromatic heterocycles. The van der Waals surface area contributed by atoms with Gasteiger partial charge in [0.05, 0.1) is 5.88 Å². The minimum absolute atomic E-state index is 0.487. The van der Waals surface area contributed by atoms with Crippen molar-refractivity contribution in [1.29, 1.82) is 0 Å². The molecule has 110 valence electrons. The van der Waals surface area contributed by atoms with E-state index in [0.29, 0.717) is 5.88 Å². The van der Waals surface area contributed by atoms with Crippen LogP contribution in [0.4, 0.5) is 11.5 Å². The average Bonchev–Trinajstić information content (AvgIpc) is 2.56. The fraction of sp³-hybridized carbons (Fsp3) is 0.312. The summed E-state index contributed by atoms with van der Waals surface area (Å²) in [7, 11) is 0. The second-order valence-electron chi connectivity index (χ2n) is 5.08. The van der Waals surface area contributed by atoms with E-state index in [9.17, 15) is 0 Å². The van der Waals surface area contributed by atoms with Gasteiger partial charge >= 0.3 is 0 Å². The van der Waals surface area contributed by atoms with Gasteiger partial charge in [0, 0.05) is 48.1 Å². The first-order chi connectivity index (χ1) is 10.3. The van der Waals surface area contributed by atoms with E-state index in [0.717, 1.165) is 42.0 Å². The maximum atomic E-state index is 6.05. The van der Waals surface area contributed by atoms with E-state index in [-0.39, 0.29) is 0 Å². The summed E-state index contributed by atoms with van der Waals surface area (Å²) in [5.41, 5.74) is 2.37. The molecular weight excluding hydrogens is 350 g/mol. The number of hydrogen-bond donors (Lipinski definition) is 0. The number of pyridine rings is 1. The lowest BCUT2D eigenvalue weighted by Crippen LogP contribution is -2.47. The van der Waals surface area contributed by atoms with Gasteiger partial charge in [-0.25, -0.2) is 4.98 Å². The van der Waals surface area contributed by atoms with Crippen LogP contribution in [0.5, 0.6) is 0 Å². The number of piperazine rings is 1. The van der Waals surface area contributed by atoms with Crippen LogP contribution in [0.1, 0.15) is 5.56 Å². The minimum atomic E-state index is 0.487. The van der Waals surface area contributed by atoms with Crippen LogP contribution in [0.2, 0.25) is 0 Å². The Morgan fingerprint density at radius 2 is 1.71 bits per heavy atom. The van der Waals surface area contributed by atoms with Crippen LogP contribution in [0, 0.1) is 0 Å². The molecule has 1 aromatic carbocycles. The molecule has 0 saturated carbocycles. The molecule has 0 aliphatic carbocycles. The van der Waals surface area contributed by atoms with Crippen LogP contribution in [-0.4, -0.2) is 31.2 Å². The smallest absolute Gasteiger partial charge is 0.133 e. The zero-order valence-corrected chi connectivity index (χ0v) is 14.0. The molecule has 0 atom stereocenters. The Bertz CT molecular complexity index is 598. The molecule has 0 spiro atoms. The number of benzene rings is 1. The summed E-state index contributed by atoms with van der Waals surface area (Å²) < 4.78 is 0.977. The maximum Gasteiger partial charge on any atom is 0.133 e. The van der Waals surface area contributed by atoms with E-state index in [1.807, 2.05) is 6.20 Å². The second kappa shape index (κ2) is 6.67. The van der Waals surface area contributed by atoms with Crippen LogP contribution in [0.3, 0.4) is 0 Å². The van der Waals surface area contributed by atoms with Gasteiger partial charge in [-0.2, -0.15) is 0 Å². The molecular formula is C16H17BrClN3. The highest BCUT2D eigenvalue weighted by Crippen LogP contribution is 2.25. The van der Waals surface area contributed by atoms with Crippen LogP contribution in [0.15, 0.2) is 47.1 Å². The van der Waals surface area contributed by atoms with Crippen molar-refractivity contribution >= 4 is 39.0 Å². The number of alkyl halides is 1. The molecule has 2 heterocycles. The summed E-state index contributed by atoms with van der Waals surface area (Å²) in [5, 5.41) is 0. The third-order valence-electron chi connectivity index (χ3n) is 3.75. The van der Waals surface area contributed by atoms with E-state index >= 15 is 0 Å². The Balaban J connectivity index is 1.71. The van der Waals surface area contributed by atoms with Crippen molar-refractivity contribution in [3.63, 3.8) is 0 Å². The van der Waals surface area contributed by atoms with Gasteiger partial charge in [0.1, 0.15) is 5.82 Å². The molecule has 1 fully saturated rings. The monoisotopic (exact) mass is 365 g/mol. The van der Waals surface area contributed by atoms with Gasteiger partial charge in [-0.05, 0) is 34.1 Å². The topological polar surface area (TPSA) is 19.4 Å². The molecule has 3 rings (SSSR count). The highest BCUT2D eigenvalue weighted by Gasteiger charge is 2.20. The summed E-state index contributed by atoms with van der Waals surface area (Å²) >= 11 is 9.50. The van der Waals surface area contributed by atoms with Crippen molar-refractivity contribution in [3.8, 4) is 0 Å². The standard InChI is InChI=1S/C16H17BrClN3/c17-14-10-13(11-18)16(19-12-14)21-8-6-20(7-9-21)15-4-2-1-3-5-15/h1-5,10,12H,6-9,11H2. The fourth-order valence-corrected chi connectivity index (χ4v) is 3.25. The quantitative estimate of drug-likeness (QED) is 0.768. The fourth-order valence-electron chi connectivity index (χ4n) is 2.67. The van der Waals surface area contributed by atoms with E-state index < -0.39 is 0 Å². The molecule has 1 saturated heterocycles. The number of anilines is 2. The highest BCUT2D eigenvalue weighted by molar-refractivity contribution is 9.10. The lowest BCUT2D eigenvalue weighted by Gasteiger charge is -2.37. The minimum Gasteiger partial charge on any atom is -0.368 e. The third-order valence-corrected chi connectivity index (χ3v) is 4.48. The number of nitrogens with zero attached hydrogens (tertiary/aromatic N) is 3. The largest absolute Gasteiger partial charge is 0.368 e. The average molecular weight is 367 g/mol. The summed E-state index contributed by atoms with van der Waals surface area (Å²) in [4.78, 5) is 9.28. The molecule has 3 nitrogen and oxygen atoms in total. The first-order valence-corrected chi connectivity index (χ1v) is 8.36. The molecule has 0 amide bonds. The Morgan fingerprint density at radius 1 is 1.05 bits per heavy atom. The number of rotatable bonds is 3. The van der Waals surface area contributed by atoms with E-state index in [1.165, 1.54) is 5.69 Å². The lowest BCUT2D eigenvalue weighted by molar-refractivity contribution is 0.645. The lowest BCUT2D eigenvalue weighted by atomic mass is 10.2. The Labute approximate surface area is 138 Å². The zero-order chi connectivity index (χ0) is 14.7. The highest BCUT2D eigenvalue weighted by atomic mass is 79.9. The SMILES string of the molecule is ClCc1cc(Br)cnc1N1CCN(c2ccccc2)CC1. The Kier molecular flexibility index (Phi) is 4.66. The normalized spacial score (nSPS) is 15.3. The predicted molar refractivity (Wildman–Crippen MR) is 92.4 cm³/mol. The van der Waals surface area contributed by atoms with Gasteiger partial charge in [-0.15, -0.1) is 11.6 Å². The third kappa shape index (κ3) is 3.33. The summed E-state index contributed by atoms with van der Waals surface area (Å²) in [6.07, 6.45) is 1.84. The van der Waals surface area contributed by atoms with Gasteiger partial charge in [0.15, 0.2) is 0 Å². The number of halogens is 2. The van der Waals surface area contributed by atoms with Crippen LogP contribution in [-0.2, 0) is 5.88 Å². The predicted octanol–water partition coefficient (Wildman–Crippen LogP) is 3.91. The molecule has 1 aliphatic heterocycles. The molecule has 0 radical (unpaired) electrons. The molecule has 0 unspecified atom stereocenters. The number of para-hydroxylation sites is 1. The molecule has 1 aliphatic rings. The van der Waals surface area contributed by atoms with Gasteiger partial charge in [0.25, 0.3) is 0 Å². The van der Waals surface area contributed by atoms with Gasteiger partial charge in [-0.3, -0.25) is 0 Å². The van der Waals surface area contributed by atoms with E-state index in [1.54, 1.807) is 0 Å². The number of aromatic nitrogens is 1. The molecule has 5 heteroatoms. The van der Waals surface area contributed by atoms with Crippen molar-refractivity contribution < 1.29 is 0 Å². The molecule has 0 N–H and O–H groups in total. The molecule has 21 heavy (non-hydrogen) atoms.